The number of hydrogen-bond donors (Lipinski definition) is 0. The number of halogens is 10. The van der Waals surface area contributed by atoms with Gasteiger partial charge in [-0.3, -0.25) is 14.0 Å². The number of likely N-dealkylation sites (tertiary alicyclic amines) is 3. The van der Waals surface area contributed by atoms with Crippen molar-refractivity contribution in [3.05, 3.63) is 185 Å². The summed E-state index contributed by atoms with van der Waals surface area (Å²) in [7, 11) is 7.92. The average Bonchev–Trinajstić information content (AvgIpc) is 1.56. The summed E-state index contributed by atoms with van der Waals surface area (Å²) in [6.45, 7) is 27.1. The molecule has 3 saturated heterocycles. The Kier molecular flexibility index (Phi) is 37.9. The van der Waals surface area contributed by atoms with Gasteiger partial charge in [-0.1, -0.05) is 98.8 Å². The number of alkyl halides is 6. The third kappa shape index (κ3) is 30.3. The van der Waals surface area contributed by atoms with Crippen LogP contribution in [0.1, 0.15) is 145 Å². The van der Waals surface area contributed by atoms with Gasteiger partial charge in [0.25, 0.3) is 0 Å². The van der Waals surface area contributed by atoms with Gasteiger partial charge >= 0.3 is 92.2 Å². The first-order chi connectivity index (χ1) is 51.0. The Morgan fingerprint density at radius 1 is 0.545 bits per heavy atom. The number of hydrogen-bond acceptors (Lipinski definition) is 13. The molecule has 2 aromatic heterocycles. The number of nitrogens with zero attached hydrogens (tertiary/aromatic N) is 7. The maximum absolute atomic E-state index is 14.1. The van der Waals surface area contributed by atoms with E-state index >= 15 is 0 Å². The molecule has 5 heterocycles. The molecule has 6 aromatic carbocycles. The third-order valence-corrected chi connectivity index (χ3v) is 18.5. The second-order valence-corrected chi connectivity index (χ2v) is 37.5. The minimum atomic E-state index is -4.61. The van der Waals surface area contributed by atoms with Crippen LogP contribution >= 0.6 is 51.7 Å². The average molecular weight is 1850 g/mol. The quantitative estimate of drug-likeness (QED) is 0.0389. The zero-order chi connectivity index (χ0) is 81.5. The maximum atomic E-state index is 14.1. The molecule has 3 aliphatic rings. The van der Waals surface area contributed by atoms with Crippen LogP contribution < -0.4 is 0 Å². The molecule has 3 fully saturated rings. The Bertz CT molecular complexity index is 4450. The predicted molar refractivity (Wildman–Crippen MR) is 423 cm³/mol. The predicted octanol–water partition coefficient (Wildman–Crippen LogP) is 21.9. The van der Waals surface area contributed by atoms with Gasteiger partial charge in [-0.05, 0) is 214 Å². The van der Waals surface area contributed by atoms with E-state index in [1.165, 1.54) is 42.5 Å². The number of benzene rings is 6. The van der Waals surface area contributed by atoms with Crippen LogP contribution in [0.15, 0.2) is 168 Å². The molecule has 0 bridgehead atoms. The molecule has 0 saturated carbocycles. The number of ether oxygens (including phenoxy) is 4. The van der Waals surface area contributed by atoms with Crippen LogP contribution in [-0.2, 0) is 83.4 Å². The number of carbonyl (C=O) groups is 3. The molecular weight excluding hydrogens is 1750 g/mol. The van der Waals surface area contributed by atoms with Crippen molar-refractivity contribution in [1.82, 2.24) is 33.8 Å². The summed E-state index contributed by atoms with van der Waals surface area (Å²) in [6, 6.07) is 37.5. The van der Waals surface area contributed by atoms with Crippen molar-refractivity contribution >= 4 is 89.6 Å². The fourth-order valence-corrected chi connectivity index (χ4v) is 12.9. The van der Waals surface area contributed by atoms with E-state index in [4.69, 9.17) is 53.0 Å². The van der Waals surface area contributed by atoms with Gasteiger partial charge in [-0.2, -0.15) is 32.8 Å². The van der Waals surface area contributed by atoms with Crippen LogP contribution in [0, 0.1) is 10.2 Å². The van der Waals surface area contributed by atoms with Crippen molar-refractivity contribution in [2.24, 2.45) is 0 Å². The van der Waals surface area contributed by atoms with Crippen molar-refractivity contribution in [2.45, 2.75) is 167 Å². The molecule has 3 amide bonds. The molecule has 8 aromatic rings. The van der Waals surface area contributed by atoms with Gasteiger partial charge in [0.05, 0.1) is 32.7 Å². The molecule has 0 radical (unpaired) electrons. The molecule has 0 N–H and O–H groups in total. The number of amides is 3. The van der Waals surface area contributed by atoms with Crippen LogP contribution in [0.25, 0.3) is 56.4 Å². The van der Waals surface area contributed by atoms with Crippen LogP contribution in [0.2, 0.25) is 0 Å². The summed E-state index contributed by atoms with van der Waals surface area (Å²) in [5.74, 6) is 0.278. The summed E-state index contributed by atoms with van der Waals surface area (Å²) in [5, 5.41) is 0. The van der Waals surface area contributed by atoms with Crippen molar-refractivity contribution < 1.29 is 109 Å². The van der Waals surface area contributed by atoms with E-state index in [2.05, 4.69) is 4.98 Å². The second kappa shape index (κ2) is 43.4. The van der Waals surface area contributed by atoms with Crippen molar-refractivity contribution in [1.29, 1.82) is 0 Å². The molecule has 18 nitrogen and oxygen atoms in total. The van der Waals surface area contributed by atoms with Crippen molar-refractivity contribution in [3.8, 4) is 56.4 Å². The van der Waals surface area contributed by atoms with E-state index in [0.29, 0.717) is 45.7 Å². The van der Waals surface area contributed by atoms with Gasteiger partial charge in [-0.25, -0.2) is 47.7 Å². The normalized spacial score (nSPS) is 14.3. The standard InChI is InChI=1S/C32H32F3N3O4S.C23H16F3IN2O2S.C9H17NO2.C9H16NO2.C4H10O.CH4.3ClH.2Zn/c1-31(2,3)42-30(39)37-18-8-13-28(37)27-20-38(29(36-27)25-11-5-6-12-26(25)32(33,34)35)23-16-14-21(15-17-23)22-9-7-10-24(19-22)43(4,40)41;1-32(30,31)18-6-4-5-16(13-18)15-9-11-17(12-10-15)29-14-21(27)28-22(29)19-7-2-3-8-20(19)23(24,25)26;2*1-9(2,3)12-8(11)10-6-4-5-7-10;1-3-5-4-2;;;;;;/h5-7,9-12,14-17,19-20,28H,8,13,18H2,1-4H3;2-14H,1H3;4-7H2,1-3H3;6H,4-5,7H2,1-3H3;3-4H2,1-2H3;1H4;3*1H;;/q;;;-1;;;;;;2*+2/p-3/t28-;;;;;;;;;;/m1........../s1. The first kappa shape index (κ1) is 96.2. The Hall–Kier alpha value is -6.16. The van der Waals surface area contributed by atoms with E-state index in [0.717, 1.165) is 117 Å². The van der Waals surface area contributed by atoms with Gasteiger partial charge in [-0.15, -0.1) is 0 Å². The molecule has 594 valence electrons. The van der Waals surface area contributed by atoms with E-state index < -0.39 is 76.0 Å². The number of aromatic nitrogens is 4. The van der Waals surface area contributed by atoms with E-state index in [1.807, 2.05) is 84.5 Å². The SMILES string of the molecule is C.CC(C)(C)OC(=O)N1CCCC1.CC(C)(C)OC(=O)N1CCC[C@@H]1c1cn(-c2ccc(-c3cccc(S(C)(=O)=O)c3)cc2)c(-c2ccccc2C(F)(F)F)n1.CC(C)(C)OC(=O)N1[CH-]CCC1.CCOCC.CS(=O)(=O)c1cccc(-c2ccc(-n3cc(I)nc3-c3ccccc3C(F)(F)F)cc2)c1.[Cl][Zn+].[Cl][Zn][Cl]. The van der Waals surface area contributed by atoms with Gasteiger partial charge < -0.3 is 28.7 Å². The molecule has 32 heteroatoms. The summed E-state index contributed by atoms with van der Waals surface area (Å²) < 4.78 is 155. The fraction of sp³-hybridized carbons (Fsp3) is 0.410. The summed E-state index contributed by atoms with van der Waals surface area (Å²) in [5.41, 5.74) is 1.45. The van der Waals surface area contributed by atoms with Gasteiger partial charge in [0, 0.05) is 80.3 Å². The Balaban J connectivity index is 0.000000330. The van der Waals surface area contributed by atoms with E-state index in [1.54, 1.807) is 148 Å². The van der Waals surface area contributed by atoms with Gasteiger partial charge in [0.15, 0.2) is 19.7 Å². The number of rotatable bonds is 11. The summed E-state index contributed by atoms with van der Waals surface area (Å²) in [4.78, 5) is 50.1. The minimum absolute atomic E-state index is 0. The van der Waals surface area contributed by atoms with Crippen molar-refractivity contribution in [2.75, 3.05) is 51.9 Å². The van der Waals surface area contributed by atoms with E-state index in [9.17, 15) is 57.6 Å². The van der Waals surface area contributed by atoms with Gasteiger partial charge in [0.2, 0.25) is 0 Å². The number of carbonyl (C=O) groups excluding carboxylic acids is 3. The molecule has 11 rings (SSSR count). The summed E-state index contributed by atoms with van der Waals surface area (Å²) >= 11 is 1.89. The van der Waals surface area contributed by atoms with Crippen LogP contribution in [0.4, 0.5) is 40.7 Å². The first-order valence-corrected chi connectivity index (χ1v) is 51.3. The Morgan fingerprint density at radius 2 is 0.955 bits per heavy atom. The molecular formula is C78H95Cl3F6IN7O11S2Zn2. The molecule has 110 heavy (non-hydrogen) atoms. The monoisotopic (exact) mass is 1840 g/mol. The van der Waals surface area contributed by atoms with Crippen LogP contribution in [0.5, 0.6) is 0 Å². The summed E-state index contributed by atoms with van der Waals surface area (Å²) in [6.07, 6.45) is 1.18. The zero-order valence-corrected chi connectivity index (χ0v) is 75.3. The zero-order valence-electron chi connectivity index (χ0n) is 63.3. The Labute approximate surface area is 687 Å². The van der Waals surface area contributed by atoms with E-state index in [-0.39, 0.29) is 63.4 Å². The molecule has 0 aliphatic carbocycles. The molecule has 3 aliphatic heterocycles. The van der Waals surface area contributed by atoms with Crippen LogP contribution in [-0.4, -0.2) is 138 Å². The van der Waals surface area contributed by atoms with Crippen LogP contribution in [0.3, 0.4) is 0 Å². The molecule has 0 spiro atoms. The number of sulfone groups is 2. The Morgan fingerprint density at radius 3 is 1.35 bits per heavy atom. The second-order valence-electron chi connectivity index (χ2n) is 27.8. The van der Waals surface area contributed by atoms with Crippen molar-refractivity contribution in [3.63, 3.8) is 0 Å². The topological polar surface area (TPSA) is 202 Å². The molecule has 0 unspecified atom stereocenters. The third-order valence-electron chi connectivity index (χ3n) is 15.8. The van der Waals surface area contributed by atoms with Gasteiger partial charge in [0.1, 0.15) is 32.2 Å². The number of imidazole rings is 2. The molecule has 1 atom stereocenters. The first-order valence-electron chi connectivity index (χ1n) is 34.7. The fourth-order valence-electron chi connectivity index (χ4n) is 11.1.